The van der Waals surface area contributed by atoms with Crippen LogP contribution in [0.15, 0.2) is 28.9 Å². The SMILES string of the molecule is CC1CNCCN1c1nc2cc(Cl)cc(-c3ncc[nH]3)c2o1. The zero-order chi connectivity index (χ0) is 15.1. The highest BCUT2D eigenvalue weighted by atomic mass is 35.5. The second-order valence-corrected chi connectivity index (χ2v) is 5.92. The number of anilines is 1. The number of oxazole rings is 1. The van der Waals surface area contributed by atoms with Crippen molar-refractivity contribution >= 4 is 28.7 Å². The molecule has 0 bridgehead atoms. The van der Waals surface area contributed by atoms with Gasteiger partial charge in [0.05, 0.1) is 5.56 Å². The van der Waals surface area contributed by atoms with E-state index in [4.69, 9.17) is 16.0 Å². The third-order valence-electron chi connectivity index (χ3n) is 3.94. The first kappa shape index (κ1) is 13.6. The average molecular weight is 318 g/mol. The monoisotopic (exact) mass is 317 g/mol. The number of nitrogens with one attached hydrogen (secondary N) is 2. The van der Waals surface area contributed by atoms with E-state index in [0.29, 0.717) is 22.7 Å². The Morgan fingerprint density at radius 2 is 2.32 bits per heavy atom. The molecule has 2 aromatic heterocycles. The van der Waals surface area contributed by atoms with Crippen LogP contribution in [0.3, 0.4) is 0 Å². The predicted octanol–water partition coefficient (Wildman–Crippen LogP) is 2.67. The van der Waals surface area contributed by atoms with Crippen LogP contribution >= 0.6 is 11.6 Å². The Morgan fingerprint density at radius 3 is 3.09 bits per heavy atom. The minimum absolute atomic E-state index is 0.337. The van der Waals surface area contributed by atoms with Crippen molar-refractivity contribution in [3.8, 4) is 11.4 Å². The van der Waals surface area contributed by atoms with Crippen LogP contribution in [0.4, 0.5) is 6.01 Å². The number of imidazole rings is 1. The van der Waals surface area contributed by atoms with Crippen LogP contribution in [0, 0.1) is 0 Å². The van der Waals surface area contributed by atoms with Crippen LogP contribution in [-0.4, -0.2) is 40.6 Å². The maximum absolute atomic E-state index is 6.22. The standard InChI is InChI=1S/C15H16ClN5O/c1-9-8-17-4-5-21(9)15-20-12-7-10(16)6-11(13(12)22-15)14-18-2-3-19-14/h2-3,6-7,9,17H,4-5,8H2,1H3,(H,18,19). The van der Waals surface area contributed by atoms with Gasteiger partial charge in [0.25, 0.3) is 6.01 Å². The third kappa shape index (κ3) is 2.24. The lowest BCUT2D eigenvalue weighted by Gasteiger charge is -2.32. The van der Waals surface area contributed by atoms with Gasteiger partial charge in [-0.3, -0.25) is 0 Å². The van der Waals surface area contributed by atoms with E-state index in [1.165, 1.54) is 0 Å². The molecule has 3 heterocycles. The van der Waals surface area contributed by atoms with E-state index in [0.717, 1.165) is 36.5 Å². The largest absolute Gasteiger partial charge is 0.423 e. The number of piperazine rings is 1. The van der Waals surface area contributed by atoms with Gasteiger partial charge in [-0.2, -0.15) is 4.98 Å². The van der Waals surface area contributed by atoms with E-state index in [9.17, 15) is 0 Å². The van der Waals surface area contributed by atoms with E-state index in [1.807, 2.05) is 12.1 Å². The highest BCUT2D eigenvalue weighted by molar-refractivity contribution is 6.31. The molecule has 0 aliphatic carbocycles. The smallest absolute Gasteiger partial charge is 0.298 e. The van der Waals surface area contributed by atoms with Gasteiger partial charge in [-0.05, 0) is 19.1 Å². The molecule has 4 rings (SSSR count). The Balaban J connectivity index is 1.85. The molecule has 22 heavy (non-hydrogen) atoms. The zero-order valence-electron chi connectivity index (χ0n) is 12.1. The summed E-state index contributed by atoms with van der Waals surface area (Å²) in [5.74, 6) is 0.726. The molecular formula is C15H16ClN5O. The van der Waals surface area contributed by atoms with Crippen LogP contribution in [0.2, 0.25) is 5.02 Å². The summed E-state index contributed by atoms with van der Waals surface area (Å²) in [6, 6.07) is 4.64. The molecule has 3 aromatic rings. The van der Waals surface area contributed by atoms with E-state index >= 15 is 0 Å². The van der Waals surface area contributed by atoms with Crippen molar-refractivity contribution in [2.24, 2.45) is 0 Å². The molecule has 114 valence electrons. The van der Waals surface area contributed by atoms with Gasteiger partial charge >= 0.3 is 0 Å². The van der Waals surface area contributed by atoms with Gasteiger partial charge in [-0.15, -0.1) is 0 Å². The minimum atomic E-state index is 0.337. The number of hydrogen-bond acceptors (Lipinski definition) is 5. The molecule has 1 aliphatic heterocycles. The van der Waals surface area contributed by atoms with Crippen LogP contribution in [0.25, 0.3) is 22.5 Å². The lowest BCUT2D eigenvalue weighted by atomic mass is 10.2. The Kier molecular flexibility index (Phi) is 3.28. The molecule has 7 heteroatoms. The van der Waals surface area contributed by atoms with Gasteiger partial charge in [-0.1, -0.05) is 11.6 Å². The topological polar surface area (TPSA) is 70.0 Å². The molecular weight excluding hydrogens is 302 g/mol. The van der Waals surface area contributed by atoms with Crippen LogP contribution in [-0.2, 0) is 0 Å². The highest BCUT2D eigenvalue weighted by Crippen LogP contribution is 2.33. The zero-order valence-corrected chi connectivity index (χ0v) is 12.9. The van der Waals surface area contributed by atoms with Crippen molar-refractivity contribution < 1.29 is 4.42 Å². The van der Waals surface area contributed by atoms with Gasteiger partial charge in [-0.25, -0.2) is 4.98 Å². The number of H-pyrrole nitrogens is 1. The fraction of sp³-hybridized carbons (Fsp3) is 0.333. The molecule has 6 nitrogen and oxygen atoms in total. The van der Waals surface area contributed by atoms with Gasteiger partial charge in [0.2, 0.25) is 0 Å². The molecule has 1 atom stereocenters. The number of nitrogens with zero attached hydrogens (tertiary/aromatic N) is 3. The maximum Gasteiger partial charge on any atom is 0.298 e. The fourth-order valence-corrected chi connectivity index (χ4v) is 3.04. The van der Waals surface area contributed by atoms with Crippen molar-refractivity contribution in [3.63, 3.8) is 0 Å². The summed E-state index contributed by atoms with van der Waals surface area (Å²) in [6.45, 7) is 4.87. The van der Waals surface area contributed by atoms with E-state index < -0.39 is 0 Å². The first-order valence-electron chi connectivity index (χ1n) is 7.29. The number of halogens is 1. The summed E-state index contributed by atoms with van der Waals surface area (Å²) in [6.07, 6.45) is 3.48. The minimum Gasteiger partial charge on any atom is -0.423 e. The summed E-state index contributed by atoms with van der Waals surface area (Å²) in [5, 5.41) is 3.98. The lowest BCUT2D eigenvalue weighted by Crippen LogP contribution is -2.50. The van der Waals surface area contributed by atoms with Crippen molar-refractivity contribution in [2.75, 3.05) is 24.5 Å². The van der Waals surface area contributed by atoms with Crippen LogP contribution in [0.1, 0.15) is 6.92 Å². The van der Waals surface area contributed by atoms with E-state index in [2.05, 4.69) is 32.1 Å². The highest BCUT2D eigenvalue weighted by Gasteiger charge is 2.24. The van der Waals surface area contributed by atoms with Crippen LogP contribution in [0.5, 0.6) is 0 Å². The van der Waals surface area contributed by atoms with Gasteiger partial charge < -0.3 is 19.6 Å². The summed E-state index contributed by atoms with van der Waals surface area (Å²) >= 11 is 6.22. The number of aromatic nitrogens is 3. The van der Waals surface area contributed by atoms with Gasteiger partial charge in [0.1, 0.15) is 11.3 Å². The van der Waals surface area contributed by atoms with E-state index in [1.54, 1.807) is 12.4 Å². The molecule has 1 aliphatic rings. The quantitative estimate of drug-likeness (QED) is 0.760. The lowest BCUT2D eigenvalue weighted by molar-refractivity contribution is 0.456. The molecule has 2 N–H and O–H groups in total. The van der Waals surface area contributed by atoms with E-state index in [-0.39, 0.29) is 0 Å². The second kappa shape index (κ2) is 5.30. The summed E-state index contributed by atoms with van der Waals surface area (Å²) in [4.78, 5) is 14.2. The number of rotatable bonds is 2. The van der Waals surface area contributed by atoms with Gasteiger partial charge in [0.15, 0.2) is 5.58 Å². The Hall–Kier alpha value is -2.05. The average Bonchev–Trinajstić information content (AvgIpc) is 3.15. The first-order valence-corrected chi connectivity index (χ1v) is 7.67. The third-order valence-corrected chi connectivity index (χ3v) is 4.16. The molecule has 1 aromatic carbocycles. The van der Waals surface area contributed by atoms with Gasteiger partial charge in [0, 0.05) is 43.1 Å². The molecule has 1 unspecified atom stereocenters. The van der Waals surface area contributed by atoms with Crippen molar-refractivity contribution in [3.05, 3.63) is 29.5 Å². The molecule has 1 saturated heterocycles. The number of benzene rings is 1. The van der Waals surface area contributed by atoms with Crippen molar-refractivity contribution in [2.45, 2.75) is 13.0 Å². The van der Waals surface area contributed by atoms with Crippen LogP contribution < -0.4 is 10.2 Å². The molecule has 0 radical (unpaired) electrons. The molecule has 0 amide bonds. The summed E-state index contributed by atoms with van der Waals surface area (Å²) in [7, 11) is 0. The Morgan fingerprint density at radius 1 is 1.41 bits per heavy atom. The molecule has 1 fully saturated rings. The fourth-order valence-electron chi connectivity index (χ4n) is 2.82. The number of fused-ring (bicyclic) bond motifs is 1. The maximum atomic E-state index is 6.22. The van der Waals surface area contributed by atoms with Crippen molar-refractivity contribution in [1.29, 1.82) is 0 Å². The Bertz CT molecular complexity index is 798. The molecule has 0 saturated carbocycles. The number of hydrogen-bond donors (Lipinski definition) is 2. The predicted molar refractivity (Wildman–Crippen MR) is 86.3 cm³/mol. The normalized spacial score (nSPS) is 19.0. The van der Waals surface area contributed by atoms with Crippen molar-refractivity contribution in [1.82, 2.24) is 20.3 Å². The number of aromatic amines is 1. The first-order chi connectivity index (χ1) is 10.7. The molecule has 0 spiro atoms. The summed E-state index contributed by atoms with van der Waals surface area (Å²) in [5.41, 5.74) is 2.29. The summed E-state index contributed by atoms with van der Waals surface area (Å²) < 4.78 is 6.06. The second-order valence-electron chi connectivity index (χ2n) is 5.48. The Labute approximate surface area is 132 Å².